The van der Waals surface area contributed by atoms with E-state index in [1.54, 1.807) is 0 Å². The van der Waals surface area contributed by atoms with E-state index in [9.17, 15) is 4.79 Å². The van der Waals surface area contributed by atoms with E-state index in [1.807, 2.05) is 75.4 Å². The molecule has 2 aliphatic heterocycles. The Morgan fingerprint density at radius 1 is 0.647 bits per heavy atom. The normalized spacial score (nSPS) is 22.2. The Hall–Kier alpha value is -3.69. The summed E-state index contributed by atoms with van der Waals surface area (Å²) >= 11 is 0. The molecule has 0 N–H and O–H groups in total. The van der Waals surface area contributed by atoms with Gasteiger partial charge in [0.2, 0.25) is 0 Å². The Morgan fingerprint density at radius 2 is 1.15 bits per heavy atom. The number of benzene rings is 4. The molecule has 6 rings (SSSR count). The molecule has 3 heteroatoms. The largest absolute Gasteiger partial charge is 0.456 e. The van der Waals surface area contributed by atoms with Gasteiger partial charge >= 0.3 is 5.97 Å². The third-order valence-electron chi connectivity index (χ3n) is 6.77. The summed E-state index contributed by atoms with van der Waals surface area (Å²) in [6.45, 7) is 5.68. The highest BCUT2D eigenvalue weighted by Crippen LogP contribution is 2.66. The Balaban J connectivity index is 1.73. The lowest BCUT2D eigenvalue weighted by molar-refractivity contribution is -0.0267. The molecule has 0 radical (unpaired) electrons. The first kappa shape index (κ1) is 20.9. The van der Waals surface area contributed by atoms with E-state index in [-0.39, 0.29) is 5.97 Å². The summed E-state index contributed by atoms with van der Waals surface area (Å²) < 4.78 is 13.1. The summed E-state index contributed by atoms with van der Waals surface area (Å²) in [5.74, 6) is -0.337. The van der Waals surface area contributed by atoms with E-state index in [2.05, 4.69) is 48.5 Å². The van der Waals surface area contributed by atoms with Crippen LogP contribution in [0.15, 0.2) is 103 Å². The van der Waals surface area contributed by atoms with Gasteiger partial charge in [0.15, 0.2) is 0 Å². The molecule has 0 aliphatic carbocycles. The van der Waals surface area contributed by atoms with Crippen molar-refractivity contribution in [1.82, 2.24) is 0 Å². The van der Waals surface area contributed by atoms with Crippen LogP contribution in [0.5, 0.6) is 0 Å². The second kappa shape index (κ2) is 7.15. The minimum absolute atomic E-state index is 0.337. The van der Waals surface area contributed by atoms with Crippen molar-refractivity contribution in [2.75, 3.05) is 0 Å². The number of esters is 1. The zero-order chi connectivity index (χ0) is 23.6. The highest BCUT2D eigenvalue weighted by atomic mass is 16.6. The number of ether oxygens (including phenoxy) is 2. The van der Waals surface area contributed by atoms with Gasteiger partial charge in [0, 0.05) is 11.1 Å². The van der Waals surface area contributed by atoms with Crippen LogP contribution < -0.4 is 0 Å². The van der Waals surface area contributed by atoms with Crippen molar-refractivity contribution in [3.05, 3.63) is 142 Å². The van der Waals surface area contributed by atoms with E-state index in [0.29, 0.717) is 5.56 Å². The molecule has 0 saturated carbocycles. The molecule has 34 heavy (non-hydrogen) atoms. The third-order valence-corrected chi connectivity index (χ3v) is 6.77. The highest BCUT2D eigenvalue weighted by molar-refractivity contribution is 5.94. The molecule has 0 spiro atoms. The Labute approximate surface area is 200 Å². The number of hydrogen-bond acceptors (Lipinski definition) is 3. The van der Waals surface area contributed by atoms with E-state index >= 15 is 0 Å². The topological polar surface area (TPSA) is 35.5 Å². The van der Waals surface area contributed by atoms with Gasteiger partial charge in [-0.05, 0) is 49.1 Å². The molecule has 2 bridgehead atoms. The van der Waals surface area contributed by atoms with Gasteiger partial charge in [-0.2, -0.15) is 0 Å². The smallest absolute Gasteiger partial charge is 0.339 e. The van der Waals surface area contributed by atoms with Crippen LogP contribution in [0, 0.1) is 0 Å². The van der Waals surface area contributed by atoms with Crippen molar-refractivity contribution >= 4 is 5.97 Å². The molecular weight excluding hydrogens is 420 g/mol. The fraction of sp³-hybridized carbons (Fsp3) is 0.194. The van der Waals surface area contributed by atoms with E-state index in [0.717, 1.165) is 33.4 Å². The predicted octanol–water partition coefficient (Wildman–Crippen LogP) is 6.57. The molecule has 2 atom stereocenters. The molecular formula is C31H26O3. The van der Waals surface area contributed by atoms with Crippen LogP contribution in [0.2, 0.25) is 0 Å². The SMILES string of the molecule is CC(C)(C)OC(=O)c1cccc2c1C1(c3ccccc3)OC2(c2ccccc2)c2ccccc21. The molecule has 0 saturated heterocycles. The van der Waals surface area contributed by atoms with Gasteiger partial charge < -0.3 is 9.47 Å². The van der Waals surface area contributed by atoms with Gasteiger partial charge in [-0.15, -0.1) is 0 Å². The van der Waals surface area contributed by atoms with Crippen molar-refractivity contribution in [2.45, 2.75) is 37.6 Å². The van der Waals surface area contributed by atoms with Crippen molar-refractivity contribution < 1.29 is 14.3 Å². The molecule has 0 fully saturated rings. The number of carbonyl (C=O) groups is 1. The van der Waals surface area contributed by atoms with E-state index < -0.39 is 16.8 Å². The van der Waals surface area contributed by atoms with Crippen molar-refractivity contribution in [2.24, 2.45) is 0 Å². The first-order valence-electron chi connectivity index (χ1n) is 11.7. The summed E-state index contributed by atoms with van der Waals surface area (Å²) in [7, 11) is 0. The number of hydrogen-bond donors (Lipinski definition) is 0. The van der Waals surface area contributed by atoms with Crippen molar-refractivity contribution in [3.8, 4) is 0 Å². The minimum atomic E-state index is -0.920. The standard InChI is InChI=1S/C31H26O3/c1-29(2,3)33-28(32)23-17-12-20-26-27(23)31(22-15-8-5-9-16-22)25-19-11-10-18-24(25)30(26,34-31)21-13-6-4-7-14-21/h4-20H,1-3H3. The molecule has 4 aromatic rings. The maximum Gasteiger partial charge on any atom is 0.339 e. The molecule has 3 nitrogen and oxygen atoms in total. The summed E-state index contributed by atoms with van der Waals surface area (Å²) in [6, 6.07) is 34.8. The Morgan fingerprint density at radius 3 is 1.74 bits per heavy atom. The maximum absolute atomic E-state index is 13.5. The second-order valence-electron chi connectivity index (χ2n) is 9.97. The first-order valence-corrected chi connectivity index (χ1v) is 11.7. The zero-order valence-corrected chi connectivity index (χ0v) is 19.5. The lowest BCUT2D eigenvalue weighted by Crippen LogP contribution is -2.31. The third kappa shape index (κ3) is 2.71. The average molecular weight is 447 g/mol. The zero-order valence-electron chi connectivity index (χ0n) is 19.5. The summed E-state index contributed by atoms with van der Waals surface area (Å²) in [4.78, 5) is 13.5. The van der Waals surface area contributed by atoms with Gasteiger partial charge in [-0.3, -0.25) is 0 Å². The molecule has 2 heterocycles. The van der Waals surface area contributed by atoms with Gasteiger partial charge in [0.1, 0.15) is 16.8 Å². The monoisotopic (exact) mass is 446 g/mol. The predicted molar refractivity (Wildman–Crippen MR) is 132 cm³/mol. The number of fused-ring (bicyclic) bond motifs is 8. The molecule has 4 aromatic carbocycles. The lowest BCUT2D eigenvalue weighted by Gasteiger charge is -2.32. The number of rotatable bonds is 3. The van der Waals surface area contributed by atoms with Gasteiger partial charge in [-0.25, -0.2) is 4.79 Å². The molecule has 168 valence electrons. The number of carbonyl (C=O) groups excluding carboxylic acids is 1. The van der Waals surface area contributed by atoms with Crippen LogP contribution in [0.4, 0.5) is 0 Å². The van der Waals surface area contributed by atoms with Crippen LogP contribution in [0.25, 0.3) is 0 Å². The summed E-state index contributed by atoms with van der Waals surface area (Å²) in [5, 5.41) is 0. The quantitative estimate of drug-likeness (QED) is 0.334. The highest BCUT2D eigenvalue weighted by Gasteiger charge is 2.65. The molecule has 2 aliphatic rings. The molecule has 2 unspecified atom stereocenters. The van der Waals surface area contributed by atoms with E-state index in [1.165, 1.54) is 0 Å². The van der Waals surface area contributed by atoms with Gasteiger partial charge in [-0.1, -0.05) is 97.1 Å². The molecule has 0 aromatic heterocycles. The Kier molecular flexibility index (Phi) is 4.39. The summed E-state index contributed by atoms with van der Waals surface area (Å²) in [5.41, 5.74) is 4.28. The minimum Gasteiger partial charge on any atom is -0.456 e. The van der Waals surface area contributed by atoms with Gasteiger partial charge in [0.05, 0.1) is 5.56 Å². The van der Waals surface area contributed by atoms with Crippen molar-refractivity contribution in [3.63, 3.8) is 0 Å². The fourth-order valence-corrected chi connectivity index (χ4v) is 5.63. The average Bonchev–Trinajstić information content (AvgIpc) is 3.34. The van der Waals surface area contributed by atoms with Crippen LogP contribution in [0.3, 0.4) is 0 Å². The maximum atomic E-state index is 13.5. The van der Waals surface area contributed by atoms with Crippen molar-refractivity contribution in [1.29, 1.82) is 0 Å². The van der Waals surface area contributed by atoms with Crippen LogP contribution in [-0.2, 0) is 20.7 Å². The fourth-order valence-electron chi connectivity index (χ4n) is 5.63. The van der Waals surface area contributed by atoms with Crippen LogP contribution in [-0.4, -0.2) is 11.6 Å². The molecule has 0 amide bonds. The second-order valence-corrected chi connectivity index (χ2v) is 9.97. The summed E-state index contributed by atoms with van der Waals surface area (Å²) in [6.07, 6.45) is 0. The van der Waals surface area contributed by atoms with E-state index in [4.69, 9.17) is 9.47 Å². The Bertz CT molecular complexity index is 1400. The van der Waals surface area contributed by atoms with Crippen LogP contribution >= 0.6 is 0 Å². The lowest BCUT2D eigenvalue weighted by atomic mass is 9.67. The van der Waals surface area contributed by atoms with Crippen LogP contribution in [0.1, 0.15) is 64.5 Å². The first-order chi connectivity index (χ1) is 16.4. The van der Waals surface area contributed by atoms with Gasteiger partial charge in [0.25, 0.3) is 0 Å².